The molecule has 1 saturated heterocycles. The fourth-order valence-corrected chi connectivity index (χ4v) is 4.13. The third-order valence-corrected chi connectivity index (χ3v) is 5.92. The van der Waals surface area contributed by atoms with Gasteiger partial charge >= 0.3 is 0 Å². The summed E-state index contributed by atoms with van der Waals surface area (Å²) in [6, 6.07) is 26.1. The second-order valence-corrected chi connectivity index (χ2v) is 8.30. The number of carbonyl (C=O) groups excluding carboxylic acids is 2. The molecular formula is C28H28N4O3. The topological polar surface area (TPSA) is 85.8 Å². The monoisotopic (exact) mass is 468 g/mol. The van der Waals surface area contributed by atoms with Gasteiger partial charge in [-0.1, -0.05) is 66.7 Å². The van der Waals surface area contributed by atoms with Crippen LogP contribution in [0, 0.1) is 0 Å². The van der Waals surface area contributed by atoms with Gasteiger partial charge in [-0.3, -0.25) is 19.7 Å². The average Bonchev–Trinajstić information content (AvgIpc) is 2.92. The number of rotatable bonds is 7. The predicted molar refractivity (Wildman–Crippen MR) is 135 cm³/mol. The van der Waals surface area contributed by atoms with Gasteiger partial charge in [0.1, 0.15) is 0 Å². The van der Waals surface area contributed by atoms with Crippen molar-refractivity contribution in [2.75, 3.05) is 19.6 Å². The number of benzene rings is 2. The molecule has 0 aliphatic carbocycles. The van der Waals surface area contributed by atoms with Crippen LogP contribution in [-0.4, -0.2) is 51.4 Å². The van der Waals surface area contributed by atoms with E-state index in [0.717, 1.165) is 13.1 Å². The molecule has 0 saturated carbocycles. The molecule has 0 spiro atoms. The maximum absolute atomic E-state index is 13.1. The zero-order chi connectivity index (χ0) is 24.5. The van der Waals surface area contributed by atoms with Crippen LogP contribution < -0.4 is 5.48 Å². The van der Waals surface area contributed by atoms with E-state index >= 15 is 0 Å². The highest BCUT2D eigenvalue weighted by atomic mass is 16.5. The van der Waals surface area contributed by atoms with Crippen molar-refractivity contribution < 1.29 is 14.8 Å². The van der Waals surface area contributed by atoms with Crippen LogP contribution in [0.4, 0.5) is 0 Å². The summed E-state index contributed by atoms with van der Waals surface area (Å²) >= 11 is 0. The average molecular weight is 469 g/mol. The predicted octanol–water partition coefficient (Wildman–Crippen LogP) is 3.70. The van der Waals surface area contributed by atoms with Crippen LogP contribution in [0.15, 0.2) is 91.0 Å². The summed E-state index contributed by atoms with van der Waals surface area (Å²) in [5.74, 6) is -0.699. The van der Waals surface area contributed by atoms with E-state index in [1.165, 1.54) is 28.8 Å². The highest BCUT2D eigenvalue weighted by Crippen LogP contribution is 2.27. The summed E-state index contributed by atoms with van der Waals surface area (Å²) < 4.78 is 0. The highest BCUT2D eigenvalue weighted by molar-refractivity contribution is 5.92. The Kier molecular flexibility index (Phi) is 8.17. The minimum Gasteiger partial charge on any atom is -0.336 e. The van der Waals surface area contributed by atoms with E-state index in [2.05, 4.69) is 46.3 Å². The normalized spacial score (nSPS) is 16.6. The van der Waals surface area contributed by atoms with E-state index in [0.29, 0.717) is 24.5 Å². The SMILES string of the molecule is O=C(/C=C/c1cccc(/C=C/C(=O)N2CCN(Cc3ccccc3)C(c3ccccc3)C2)n1)NO. The lowest BCUT2D eigenvalue weighted by Gasteiger charge is -2.41. The van der Waals surface area contributed by atoms with Crippen molar-refractivity contribution >= 4 is 24.0 Å². The van der Waals surface area contributed by atoms with E-state index in [1.54, 1.807) is 30.4 Å². The van der Waals surface area contributed by atoms with Crippen molar-refractivity contribution in [3.05, 3.63) is 114 Å². The zero-order valence-electron chi connectivity index (χ0n) is 19.3. The van der Waals surface area contributed by atoms with Crippen LogP contribution in [0.3, 0.4) is 0 Å². The van der Waals surface area contributed by atoms with Crippen LogP contribution in [0.2, 0.25) is 0 Å². The first-order chi connectivity index (χ1) is 17.1. The molecule has 7 nitrogen and oxygen atoms in total. The summed E-state index contributed by atoms with van der Waals surface area (Å²) in [6.07, 6.45) is 5.89. The lowest BCUT2D eigenvalue weighted by atomic mass is 10.0. The van der Waals surface area contributed by atoms with Crippen molar-refractivity contribution in [3.8, 4) is 0 Å². The number of hydrogen-bond acceptors (Lipinski definition) is 5. The molecule has 2 aromatic carbocycles. The second kappa shape index (κ2) is 11.9. The lowest BCUT2D eigenvalue weighted by molar-refractivity contribution is -0.129. The smallest absolute Gasteiger partial charge is 0.267 e. The van der Waals surface area contributed by atoms with Crippen LogP contribution in [0.1, 0.15) is 28.6 Å². The third kappa shape index (κ3) is 6.72. The fourth-order valence-electron chi connectivity index (χ4n) is 4.13. The largest absolute Gasteiger partial charge is 0.336 e. The third-order valence-electron chi connectivity index (χ3n) is 5.92. The molecule has 1 aliphatic rings. The Morgan fingerprint density at radius 1 is 0.886 bits per heavy atom. The van der Waals surface area contributed by atoms with Gasteiger partial charge in [-0.05, 0) is 35.4 Å². The standard InChI is InChI=1S/C28H28N4O3/c33-27(30-35)16-14-24-12-7-13-25(29-24)15-17-28(34)32-19-18-31(20-22-8-3-1-4-9-22)26(21-32)23-10-5-2-6-11-23/h1-17,26,35H,18-21H2,(H,30,33)/b16-14+,17-15+. The fraction of sp³-hybridized carbons (Fsp3) is 0.179. The molecular weight excluding hydrogens is 440 g/mol. The minimum atomic E-state index is -0.637. The number of nitrogens with one attached hydrogen (secondary N) is 1. The molecule has 2 amide bonds. The van der Waals surface area contributed by atoms with Gasteiger partial charge in [0, 0.05) is 38.3 Å². The van der Waals surface area contributed by atoms with Crippen LogP contribution in [0.5, 0.6) is 0 Å². The molecule has 4 rings (SSSR count). The Morgan fingerprint density at radius 2 is 1.54 bits per heavy atom. The maximum atomic E-state index is 13.1. The Morgan fingerprint density at radius 3 is 2.23 bits per heavy atom. The molecule has 0 radical (unpaired) electrons. The summed E-state index contributed by atoms with van der Waals surface area (Å²) in [7, 11) is 0. The van der Waals surface area contributed by atoms with E-state index < -0.39 is 5.91 Å². The summed E-state index contributed by atoms with van der Waals surface area (Å²) in [6.45, 7) is 2.86. The molecule has 2 N–H and O–H groups in total. The highest BCUT2D eigenvalue weighted by Gasteiger charge is 2.29. The van der Waals surface area contributed by atoms with Crippen molar-refractivity contribution in [1.29, 1.82) is 0 Å². The molecule has 178 valence electrons. The van der Waals surface area contributed by atoms with Gasteiger partial charge in [-0.2, -0.15) is 0 Å². The number of nitrogens with zero attached hydrogens (tertiary/aromatic N) is 3. The number of aromatic nitrogens is 1. The van der Waals surface area contributed by atoms with Gasteiger partial charge in [-0.25, -0.2) is 10.5 Å². The summed E-state index contributed by atoms with van der Waals surface area (Å²) in [5.41, 5.74) is 5.13. The van der Waals surface area contributed by atoms with Crippen molar-refractivity contribution in [1.82, 2.24) is 20.3 Å². The molecule has 35 heavy (non-hydrogen) atoms. The van der Waals surface area contributed by atoms with E-state index in [4.69, 9.17) is 5.21 Å². The van der Waals surface area contributed by atoms with E-state index in [-0.39, 0.29) is 11.9 Å². The Labute approximate surface area is 205 Å². The lowest BCUT2D eigenvalue weighted by Crippen LogP contribution is -2.49. The molecule has 1 atom stereocenters. The number of piperazine rings is 1. The molecule has 1 aliphatic heterocycles. The molecule has 3 aromatic rings. The number of hydroxylamine groups is 1. The van der Waals surface area contributed by atoms with Crippen LogP contribution in [0.25, 0.3) is 12.2 Å². The Hall–Kier alpha value is -4.07. The molecule has 1 aromatic heterocycles. The maximum Gasteiger partial charge on any atom is 0.267 e. The molecule has 2 heterocycles. The van der Waals surface area contributed by atoms with E-state index in [1.807, 2.05) is 29.2 Å². The first kappa shape index (κ1) is 24.1. The van der Waals surface area contributed by atoms with Crippen molar-refractivity contribution in [2.24, 2.45) is 0 Å². The molecule has 7 heteroatoms. The minimum absolute atomic E-state index is 0.0623. The van der Waals surface area contributed by atoms with Gasteiger partial charge in [0.2, 0.25) is 5.91 Å². The van der Waals surface area contributed by atoms with Gasteiger partial charge < -0.3 is 4.90 Å². The number of amides is 2. The summed E-state index contributed by atoms with van der Waals surface area (Å²) in [4.78, 5) is 32.9. The van der Waals surface area contributed by atoms with Crippen LogP contribution in [-0.2, 0) is 16.1 Å². The first-order valence-electron chi connectivity index (χ1n) is 11.5. The van der Waals surface area contributed by atoms with Crippen molar-refractivity contribution in [2.45, 2.75) is 12.6 Å². The van der Waals surface area contributed by atoms with E-state index in [9.17, 15) is 9.59 Å². The van der Waals surface area contributed by atoms with Gasteiger partial charge in [0.25, 0.3) is 5.91 Å². The van der Waals surface area contributed by atoms with Gasteiger partial charge in [-0.15, -0.1) is 0 Å². The van der Waals surface area contributed by atoms with Gasteiger partial charge in [0.05, 0.1) is 17.4 Å². The zero-order valence-corrected chi connectivity index (χ0v) is 19.3. The Balaban J connectivity index is 1.45. The summed E-state index contributed by atoms with van der Waals surface area (Å²) in [5, 5.41) is 8.59. The number of pyridine rings is 1. The Bertz CT molecular complexity index is 1200. The second-order valence-electron chi connectivity index (χ2n) is 8.30. The molecule has 0 bridgehead atoms. The quantitative estimate of drug-likeness (QED) is 0.314. The molecule has 1 unspecified atom stereocenters. The molecule has 1 fully saturated rings. The van der Waals surface area contributed by atoms with Crippen molar-refractivity contribution in [3.63, 3.8) is 0 Å². The van der Waals surface area contributed by atoms with Crippen LogP contribution >= 0.6 is 0 Å². The van der Waals surface area contributed by atoms with Gasteiger partial charge in [0.15, 0.2) is 0 Å². The number of carbonyl (C=O) groups is 2. The number of hydrogen-bond donors (Lipinski definition) is 2. The first-order valence-corrected chi connectivity index (χ1v) is 11.5.